The van der Waals surface area contributed by atoms with Gasteiger partial charge in [0.25, 0.3) is 0 Å². The molecular formula is C6H6NNaO6Zn. The number of nitrogens with zero attached hydrogens (tertiary/aromatic N) is 1. The Labute approximate surface area is 120 Å². The van der Waals surface area contributed by atoms with Gasteiger partial charge in [-0.1, -0.05) is 0 Å². The second-order valence-corrected chi connectivity index (χ2v) is 2.26. The SMILES string of the molecule is O=C([O-])CN(CC(=O)[O-])CC(=O)[O-].[Na+].[Zn+2]. The number of carbonyl (C=O) groups excluding carboxylic acids is 3. The van der Waals surface area contributed by atoms with Gasteiger partial charge in [0.15, 0.2) is 0 Å². The minimum Gasteiger partial charge on any atom is -0.549 e. The van der Waals surface area contributed by atoms with Gasteiger partial charge in [-0.3, -0.25) is 4.90 Å². The van der Waals surface area contributed by atoms with Crippen LogP contribution in [0.25, 0.3) is 0 Å². The summed E-state index contributed by atoms with van der Waals surface area (Å²) < 4.78 is 0. The van der Waals surface area contributed by atoms with Gasteiger partial charge < -0.3 is 29.7 Å². The largest absolute Gasteiger partial charge is 2.00 e. The minimum absolute atomic E-state index is 0. The Balaban J connectivity index is -0.000000720. The second kappa shape index (κ2) is 10.5. The van der Waals surface area contributed by atoms with Crippen molar-refractivity contribution in [1.29, 1.82) is 0 Å². The third-order valence-electron chi connectivity index (χ3n) is 1.06. The molecule has 0 aromatic rings. The van der Waals surface area contributed by atoms with Gasteiger partial charge in [-0.15, -0.1) is 0 Å². The van der Waals surface area contributed by atoms with Crippen molar-refractivity contribution in [2.24, 2.45) is 0 Å². The molecule has 0 radical (unpaired) electrons. The monoisotopic (exact) mass is 275 g/mol. The van der Waals surface area contributed by atoms with Gasteiger partial charge in [-0.05, 0) is 0 Å². The van der Waals surface area contributed by atoms with Crippen LogP contribution < -0.4 is 44.9 Å². The van der Waals surface area contributed by atoms with Crippen molar-refractivity contribution >= 4 is 17.9 Å². The van der Waals surface area contributed by atoms with Crippen LogP contribution in [0, 0.1) is 0 Å². The number of hydrogen-bond donors (Lipinski definition) is 0. The molecule has 0 aliphatic carbocycles. The van der Waals surface area contributed by atoms with Crippen molar-refractivity contribution in [2.75, 3.05) is 19.6 Å². The van der Waals surface area contributed by atoms with Crippen molar-refractivity contribution in [2.45, 2.75) is 0 Å². The molecule has 0 atom stereocenters. The zero-order valence-electron chi connectivity index (χ0n) is 8.23. The predicted octanol–water partition coefficient (Wildman–Crippen LogP) is -8.46. The molecule has 74 valence electrons. The number of aliphatic carboxylic acids is 3. The summed E-state index contributed by atoms with van der Waals surface area (Å²) in [6.45, 7) is -2.37. The Bertz CT molecular complexity index is 198. The third-order valence-corrected chi connectivity index (χ3v) is 1.06. The van der Waals surface area contributed by atoms with Crippen molar-refractivity contribution in [1.82, 2.24) is 4.90 Å². The second-order valence-electron chi connectivity index (χ2n) is 2.26. The molecule has 0 spiro atoms. The van der Waals surface area contributed by atoms with Gasteiger partial charge in [0.05, 0.1) is 17.9 Å². The molecule has 0 aromatic carbocycles. The van der Waals surface area contributed by atoms with Gasteiger partial charge in [0, 0.05) is 19.6 Å². The summed E-state index contributed by atoms with van der Waals surface area (Å²) >= 11 is 0. The van der Waals surface area contributed by atoms with E-state index >= 15 is 0 Å². The van der Waals surface area contributed by atoms with E-state index in [1.807, 2.05) is 0 Å². The van der Waals surface area contributed by atoms with Crippen molar-refractivity contribution in [3.63, 3.8) is 0 Å². The average molecular weight is 276 g/mol. The molecular weight excluding hydrogens is 270 g/mol. The van der Waals surface area contributed by atoms with E-state index in [4.69, 9.17) is 0 Å². The molecule has 0 heterocycles. The van der Waals surface area contributed by atoms with Crippen LogP contribution >= 0.6 is 0 Å². The molecule has 15 heavy (non-hydrogen) atoms. The molecule has 0 aromatic heterocycles. The topological polar surface area (TPSA) is 124 Å². The molecule has 0 fully saturated rings. The number of carboxylic acid groups (broad SMARTS) is 3. The maximum absolute atomic E-state index is 9.99. The number of rotatable bonds is 6. The van der Waals surface area contributed by atoms with Gasteiger partial charge >= 0.3 is 49.0 Å². The fourth-order valence-corrected chi connectivity index (χ4v) is 0.715. The van der Waals surface area contributed by atoms with Crippen LogP contribution in [-0.2, 0) is 33.9 Å². The van der Waals surface area contributed by atoms with Gasteiger partial charge in [0.1, 0.15) is 0 Å². The van der Waals surface area contributed by atoms with E-state index in [-0.39, 0.29) is 49.0 Å². The summed E-state index contributed by atoms with van der Waals surface area (Å²) in [5.74, 6) is -4.70. The summed E-state index contributed by atoms with van der Waals surface area (Å²) in [5.41, 5.74) is 0. The van der Waals surface area contributed by atoms with E-state index in [9.17, 15) is 29.7 Å². The van der Waals surface area contributed by atoms with E-state index in [1.54, 1.807) is 0 Å². The molecule has 0 unspecified atom stereocenters. The van der Waals surface area contributed by atoms with Crippen molar-refractivity contribution in [3.05, 3.63) is 0 Å². The quantitative estimate of drug-likeness (QED) is 0.441. The van der Waals surface area contributed by atoms with E-state index < -0.39 is 37.5 Å². The van der Waals surface area contributed by atoms with Crippen molar-refractivity contribution < 1.29 is 78.7 Å². The van der Waals surface area contributed by atoms with Crippen LogP contribution in [0.15, 0.2) is 0 Å². The average Bonchev–Trinajstić information content (AvgIpc) is 1.80. The summed E-state index contributed by atoms with van der Waals surface area (Å²) in [5, 5.41) is 30.0. The van der Waals surface area contributed by atoms with E-state index in [0.717, 1.165) is 0 Å². The van der Waals surface area contributed by atoms with Crippen molar-refractivity contribution in [3.8, 4) is 0 Å². The third kappa shape index (κ3) is 14.0. The Kier molecular flexibility index (Phi) is 14.3. The molecule has 0 N–H and O–H groups in total. The van der Waals surface area contributed by atoms with Gasteiger partial charge in [-0.2, -0.15) is 0 Å². The van der Waals surface area contributed by atoms with Crippen LogP contribution in [0.1, 0.15) is 0 Å². The normalized spacial score (nSPS) is 8.60. The van der Waals surface area contributed by atoms with Crippen LogP contribution in [0.5, 0.6) is 0 Å². The molecule has 0 saturated heterocycles. The maximum atomic E-state index is 9.99. The first-order valence-corrected chi connectivity index (χ1v) is 3.23. The van der Waals surface area contributed by atoms with Crippen LogP contribution in [0.4, 0.5) is 0 Å². The van der Waals surface area contributed by atoms with Gasteiger partial charge in [-0.25, -0.2) is 0 Å². The zero-order chi connectivity index (χ0) is 10.4. The predicted molar refractivity (Wildman–Crippen MR) is 31.5 cm³/mol. The molecule has 0 aliphatic heterocycles. The first-order chi connectivity index (χ1) is 5.91. The Morgan fingerprint density at radius 3 is 1.13 bits per heavy atom. The van der Waals surface area contributed by atoms with Crippen LogP contribution in [-0.4, -0.2) is 42.4 Å². The number of carboxylic acids is 3. The molecule has 0 rings (SSSR count). The Morgan fingerprint density at radius 2 is 1.00 bits per heavy atom. The molecule has 0 bridgehead atoms. The summed E-state index contributed by atoms with van der Waals surface area (Å²) in [6.07, 6.45) is 0. The number of carbonyl (C=O) groups is 3. The summed E-state index contributed by atoms with van der Waals surface area (Å²) in [6, 6.07) is 0. The Morgan fingerprint density at radius 1 is 0.800 bits per heavy atom. The zero-order valence-corrected chi connectivity index (χ0v) is 13.2. The van der Waals surface area contributed by atoms with E-state index in [0.29, 0.717) is 4.90 Å². The minimum atomic E-state index is -1.57. The first kappa shape index (κ1) is 20.4. The maximum Gasteiger partial charge on any atom is 2.00 e. The summed E-state index contributed by atoms with van der Waals surface area (Å²) in [4.78, 5) is 30.6. The molecule has 0 saturated carbocycles. The fourth-order valence-electron chi connectivity index (χ4n) is 0.715. The van der Waals surface area contributed by atoms with Gasteiger partial charge in [0.2, 0.25) is 0 Å². The number of hydrogen-bond acceptors (Lipinski definition) is 7. The molecule has 0 aliphatic rings. The van der Waals surface area contributed by atoms with E-state index in [2.05, 4.69) is 0 Å². The van der Waals surface area contributed by atoms with Crippen LogP contribution in [0.2, 0.25) is 0 Å². The molecule has 0 amide bonds. The Hall–Kier alpha value is -0.00662. The van der Waals surface area contributed by atoms with Crippen LogP contribution in [0.3, 0.4) is 0 Å². The fraction of sp³-hybridized carbons (Fsp3) is 0.500. The first-order valence-electron chi connectivity index (χ1n) is 3.23. The smallest absolute Gasteiger partial charge is 0.549 e. The molecule has 7 nitrogen and oxygen atoms in total. The van der Waals surface area contributed by atoms with E-state index in [1.165, 1.54) is 0 Å². The molecule has 9 heteroatoms. The summed E-state index contributed by atoms with van der Waals surface area (Å²) in [7, 11) is 0. The standard InChI is InChI=1S/C6H9NO6.Na.Zn/c8-4(9)1-7(2-5(10)11)3-6(12)13;;/h1-3H2,(H,8,9)(H,10,11)(H,12,13);;/q;+1;+2/p-3.